The molecule has 1 heterocycles. The lowest BCUT2D eigenvalue weighted by molar-refractivity contribution is 0.102. The van der Waals surface area contributed by atoms with E-state index in [2.05, 4.69) is 16.5 Å². The predicted molar refractivity (Wildman–Crippen MR) is 84.5 cm³/mol. The molecule has 1 amide bonds. The van der Waals surface area contributed by atoms with Crippen LogP contribution in [-0.2, 0) is 6.54 Å². The van der Waals surface area contributed by atoms with E-state index in [1.165, 1.54) is 0 Å². The number of fused-ring (bicyclic) bond motifs is 1. The third-order valence-electron chi connectivity index (χ3n) is 3.60. The molecular weight excluding hydrogens is 262 g/mol. The van der Waals surface area contributed by atoms with Crippen molar-refractivity contribution in [2.75, 3.05) is 5.32 Å². The monoisotopic (exact) mass is 279 g/mol. The highest BCUT2D eigenvalue weighted by atomic mass is 16.1. The number of nitrogens with zero attached hydrogens (tertiary/aromatic N) is 2. The van der Waals surface area contributed by atoms with Crippen molar-refractivity contribution >= 4 is 22.4 Å². The number of nitrogens with one attached hydrogen (secondary N) is 1. The van der Waals surface area contributed by atoms with Crippen LogP contribution < -0.4 is 5.32 Å². The number of aryl methyl sites for hydroxylation is 2. The highest BCUT2D eigenvalue weighted by Crippen LogP contribution is 2.27. The molecule has 0 atom stereocenters. The van der Waals surface area contributed by atoms with Crippen molar-refractivity contribution in [3.8, 4) is 0 Å². The summed E-state index contributed by atoms with van der Waals surface area (Å²) >= 11 is 0. The zero-order valence-corrected chi connectivity index (χ0v) is 12.1. The van der Waals surface area contributed by atoms with E-state index >= 15 is 0 Å². The first-order valence-corrected chi connectivity index (χ1v) is 7.01. The van der Waals surface area contributed by atoms with Gasteiger partial charge >= 0.3 is 0 Å². The van der Waals surface area contributed by atoms with E-state index < -0.39 is 0 Å². The van der Waals surface area contributed by atoms with Gasteiger partial charge < -0.3 is 5.32 Å². The minimum Gasteiger partial charge on any atom is -0.321 e. The number of amides is 1. The molecule has 2 aromatic carbocycles. The van der Waals surface area contributed by atoms with E-state index in [1.807, 2.05) is 44.2 Å². The Balaban J connectivity index is 1.97. The van der Waals surface area contributed by atoms with Gasteiger partial charge in [-0.3, -0.25) is 9.48 Å². The number of carbonyl (C=O) groups is 1. The quantitative estimate of drug-likeness (QED) is 0.796. The van der Waals surface area contributed by atoms with Gasteiger partial charge in [0.15, 0.2) is 0 Å². The van der Waals surface area contributed by atoms with Crippen molar-refractivity contribution in [1.82, 2.24) is 9.78 Å². The largest absolute Gasteiger partial charge is 0.321 e. The van der Waals surface area contributed by atoms with Crippen LogP contribution in [0.5, 0.6) is 0 Å². The molecule has 21 heavy (non-hydrogen) atoms. The molecule has 0 aliphatic carbocycles. The number of aromatic nitrogens is 2. The fourth-order valence-corrected chi connectivity index (χ4v) is 2.39. The first kappa shape index (κ1) is 13.4. The van der Waals surface area contributed by atoms with Crippen LogP contribution in [0.25, 0.3) is 10.8 Å². The van der Waals surface area contributed by atoms with Crippen molar-refractivity contribution < 1.29 is 4.79 Å². The van der Waals surface area contributed by atoms with Crippen LogP contribution in [0.15, 0.2) is 48.8 Å². The Morgan fingerprint density at radius 2 is 2.05 bits per heavy atom. The van der Waals surface area contributed by atoms with Crippen LogP contribution in [0, 0.1) is 6.92 Å². The molecule has 0 spiro atoms. The van der Waals surface area contributed by atoms with Crippen molar-refractivity contribution in [3.63, 3.8) is 0 Å². The number of rotatable bonds is 3. The first-order valence-electron chi connectivity index (χ1n) is 7.01. The maximum Gasteiger partial charge on any atom is 0.258 e. The van der Waals surface area contributed by atoms with Crippen LogP contribution >= 0.6 is 0 Å². The predicted octanol–water partition coefficient (Wildman–Crippen LogP) is 3.62. The second-order valence-corrected chi connectivity index (χ2v) is 5.02. The molecule has 106 valence electrons. The van der Waals surface area contributed by atoms with Crippen molar-refractivity contribution in [2.24, 2.45) is 0 Å². The van der Waals surface area contributed by atoms with Gasteiger partial charge in [-0.15, -0.1) is 0 Å². The smallest absolute Gasteiger partial charge is 0.258 e. The molecule has 1 aromatic heterocycles. The van der Waals surface area contributed by atoms with Gasteiger partial charge in [-0.1, -0.05) is 36.4 Å². The molecule has 3 aromatic rings. The molecule has 4 heteroatoms. The second kappa shape index (κ2) is 5.40. The Morgan fingerprint density at radius 3 is 2.81 bits per heavy atom. The molecule has 3 rings (SSSR count). The van der Waals surface area contributed by atoms with E-state index in [9.17, 15) is 4.79 Å². The molecule has 0 radical (unpaired) electrons. The zero-order chi connectivity index (χ0) is 14.8. The molecule has 1 N–H and O–H groups in total. The third kappa shape index (κ3) is 2.52. The summed E-state index contributed by atoms with van der Waals surface area (Å²) in [6, 6.07) is 12.1. The maximum absolute atomic E-state index is 12.4. The molecule has 0 fully saturated rings. The summed E-state index contributed by atoms with van der Waals surface area (Å²) in [5.74, 6) is -0.130. The van der Waals surface area contributed by atoms with Crippen LogP contribution in [0.1, 0.15) is 22.8 Å². The zero-order valence-electron chi connectivity index (χ0n) is 12.1. The lowest BCUT2D eigenvalue weighted by atomic mass is 10.0. The van der Waals surface area contributed by atoms with Gasteiger partial charge in [-0.2, -0.15) is 5.10 Å². The van der Waals surface area contributed by atoms with E-state index in [-0.39, 0.29) is 5.91 Å². The molecule has 0 aliphatic rings. The lowest BCUT2D eigenvalue weighted by Crippen LogP contribution is -2.12. The molecule has 0 bridgehead atoms. The summed E-state index contributed by atoms with van der Waals surface area (Å²) in [6.07, 6.45) is 3.36. The standard InChI is InChI=1S/C17H17N3O/c1-3-20-11-14(10-18-20)17(21)19-16-12(2)8-9-13-6-4-5-7-15(13)16/h4-11H,3H2,1-2H3,(H,19,21). The number of hydrogen-bond donors (Lipinski definition) is 1. The fraction of sp³-hybridized carbons (Fsp3) is 0.176. The number of benzene rings is 2. The highest BCUT2D eigenvalue weighted by molar-refractivity contribution is 6.09. The number of anilines is 1. The van der Waals surface area contributed by atoms with Gasteiger partial charge in [0.25, 0.3) is 5.91 Å². The van der Waals surface area contributed by atoms with Crippen molar-refractivity contribution in [1.29, 1.82) is 0 Å². The number of carbonyl (C=O) groups excluding carboxylic acids is 1. The summed E-state index contributed by atoms with van der Waals surface area (Å²) in [4.78, 5) is 12.4. The average molecular weight is 279 g/mol. The summed E-state index contributed by atoms with van der Waals surface area (Å²) in [5.41, 5.74) is 2.48. The van der Waals surface area contributed by atoms with E-state index in [0.717, 1.165) is 28.6 Å². The Labute approximate surface area is 123 Å². The Bertz CT molecular complexity index is 805. The summed E-state index contributed by atoms with van der Waals surface area (Å²) in [7, 11) is 0. The summed E-state index contributed by atoms with van der Waals surface area (Å²) in [6.45, 7) is 4.74. The Hall–Kier alpha value is -2.62. The minimum atomic E-state index is -0.130. The third-order valence-corrected chi connectivity index (χ3v) is 3.60. The number of hydrogen-bond acceptors (Lipinski definition) is 2. The molecule has 4 nitrogen and oxygen atoms in total. The van der Waals surface area contributed by atoms with Gasteiger partial charge in [0, 0.05) is 18.1 Å². The Kier molecular flexibility index (Phi) is 3.44. The van der Waals surface area contributed by atoms with Gasteiger partial charge in [0.1, 0.15) is 0 Å². The van der Waals surface area contributed by atoms with Gasteiger partial charge in [0.05, 0.1) is 17.4 Å². The normalized spacial score (nSPS) is 10.8. The fourth-order valence-electron chi connectivity index (χ4n) is 2.39. The topological polar surface area (TPSA) is 46.9 Å². The van der Waals surface area contributed by atoms with Gasteiger partial charge in [-0.05, 0) is 24.8 Å². The average Bonchev–Trinajstić information content (AvgIpc) is 2.99. The molecule has 0 aliphatic heterocycles. The first-order chi connectivity index (χ1) is 10.2. The summed E-state index contributed by atoms with van der Waals surface area (Å²) < 4.78 is 1.74. The molecule has 0 saturated heterocycles. The lowest BCUT2D eigenvalue weighted by Gasteiger charge is -2.11. The molecule has 0 saturated carbocycles. The van der Waals surface area contributed by atoms with Gasteiger partial charge in [0.2, 0.25) is 0 Å². The molecule has 0 unspecified atom stereocenters. The van der Waals surface area contributed by atoms with E-state index in [0.29, 0.717) is 5.56 Å². The maximum atomic E-state index is 12.4. The van der Waals surface area contributed by atoms with Crippen LogP contribution in [0.3, 0.4) is 0 Å². The van der Waals surface area contributed by atoms with Crippen molar-refractivity contribution in [3.05, 3.63) is 59.9 Å². The summed E-state index contributed by atoms with van der Waals surface area (Å²) in [5, 5.41) is 9.32. The van der Waals surface area contributed by atoms with Crippen LogP contribution in [-0.4, -0.2) is 15.7 Å². The van der Waals surface area contributed by atoms with Gasteiger partial charge in [-0.25, -0.2) is 0 Å². The minimum absolute atomic E-state index is 0.130. The van der Waals surface area contributed by atoms with E-state index in [4.69, 9.17) is 0 Å². The van der Waals surface area contributed by atoms with Crippen LogP contribution in [0.2, 0.25) is 0 Å². The highest BCUT2D eigenvalue weighted by Gasteiger charge is 2.12. The second-order valence-electron chi connectivity index (χ2n) is 5.02. The SMILES string of the molecule is CCn1cc(C(=O)Nc2c(C)ccc3ccccc23)cn1. The van der Waals surface area contributed by atoms with E-state index in [1.54, 1.807) is 17.1 Å². The molecular formula is C17H17N3O. The Morgan fingerprint density at radius 1 is 1.24 bits per heavy atom. The van der Waals surface area contributed by atoms with Crippen LogP contribution in [0.4, 0.5) is 5.69 Å². The van der Waals surface area contributed by atoms with Crippen molar-refractivity contribution in [2.45, 2.75) is 20.4 Å².